The highest BCUT2D eigenvalue weighted by Gasteiger charge is 2.01. The molecule has 0 spiro atoms. The van der Waals surface area contributed by atoms with Gasteiger partial charge in [-0.15, -0.1) is 0 Å². The molecular weight excluding hydrogens is 330 g/mol. The van der Waals surface area contributed by atoms with Gasteiger partial charge in [0.1, 0.15) is 0 Å². The Bertz CT molecular complexity index is 883. The molecule has 0 bridgehead atoms. The van der Waals surface area contributed by atoms with Gasteiger partial charge in [-0.1, -0.05) is 41.6 Å². The summed E-state index contributed by atoms with van der Waals surface area (Å²) in [7, 11) is 0. The van der Waals surface area contributed by atoms with Gasteiger partial charge in [0, 0.05) is 16.0 Å². The molecule has 4 heteroatoms. The van der Waals surface area contributed by atoms with E-state index < -0.39 is 5.97 Å². The van der Waals surface area contributed by atoms with Crippen LogP contribution in [0.1, 0.15) is 21.5 Å². The molecule has 124 valence electrons. The highest BCUT2D eigenvalue weighted by molar-refractivity contribution is 7.99. The van der Waals surface area contributed by atoms with Crippen LogP contribution in [0.3, 0.4) is 0 Å². The van der Waals surface area contributed by atoms with Gasteiger partial charge in [0.2, 0.25) is 0 Å². The molecule has 1 N–H and O–H groups in total. The van der Waals surface area contributed by atoms with E-state index >= 15 is 0 Å². The Labute approximate surface area is 151 Å². The lowest BCUT2D eigenvalue weighted by Gasteiger charge is -2.03. The number of carboxylic acids is 1. The number of rotatable bonds is 5. The van der Waals surface area contributed by atoms with Crippen LogP contribution in [-0.2, 0) is 0 Å². The van der Waals surface area contributed by atoms with Gasteiger partial charge < -0.3 is 5.11 Å². The number of aromatic carboxylic acids is 1. The molecule has 0 aliphatic rings. The van der Waals surface area contributed by atoms with E-state index in [0.717, 1.165) is 11.3 Å². The Kier molecular flexibility index (Phi) is 5.31. The Morgan fingerprint density at radius 1 is 0.880 bits per heavy atom. The summed E-state index contributed by atoms with van der Waals surface area (Å²) >= 11 is 1.72. The van der Waals surface area contributed by atoms with Crippen LogP contribution in [-0.4, -0.2) is 17.3 Å². The van der Waals surface area contributed by atoms with E-state index in [-0.39, 0.29) is 5.56 Å². The van der Waals surface area contributed by atoms with Gasteiger partial charge in [0.25, 0.3) is 0 Å². The summed E-state index contributed by atoms with van der Waals surface area (Å²) in [6.45, 7) is 2.08. The lowest BCUT2D eigenvalue weighted by atomic mass is 10.2. The van der Waals surface area contributed by atoms with Crippen molar-refractivity contribution in [1.29, 1.82) is 0 Å². The van der Waals surface area contributed by atoms with E-state index in [1.165, 1.54) is 15.4 Å². The van der Waals surface area contributed by atoms with E-state index in [1.807, 2.05) is 12.1 Å². The van der Waals surface area contributed by atoms with Crippen molar-refractivity contribution in [2.24, 2.45) is 4.99 Å². The number of hydrogen-bond acceptors (Lipinski definition) is 3. The van der Waals surface area contributed by atoms with Crippen LogP contribution in [0, 0.1) is 6.92 Å². The summed E-state index contributed by atoms with van der Waals surface area (Å²) in [5.74, 6) is -0.933. The Balaban J connectivity index is 1.65. The molecule has 0 aromatic heterocycles. The van der Waals surface area contributed by atoms with Crippen LogP contribution in [0.2, 0.25) is 0 Å². The number of aliphatic imine (C=N–C) groups is 1. The van der Waals surface area contributed by atoms with E-state index in [2.05, 4.69) is 48.3 Å². The highest BCUT2D eigenvalue weighted by Crippen LogP contribution is 2.27. The molecule has 3 rings (SSSR count). The molecule has 0 radical (unpaired) electrons. The summed E-state index contributed by atoms with van der Waals surface area (Å²) < 4.78 is 0. The third-order valence-corrected chi connectivity index (χ3v) is 4.63. The molecule has 0 heterocycles. The predicted molar refractivity (Wildman–Crippen MR) is 102 cm³/mol. The van der Waals surface area contributed by atoms with Crippen molar-refractivity contribution in [2.45, 2.75) is 16.7 Å². The number of carbonyl (C=O) groups is 1. The van der Waals surface area contributed by atoms with Crippen LogP contribution in [0.4, 0.5) is 5.69 Å². The van der Waals surface area contributed by atoms with E-state index in [1.54, 1.807) is 42.2 Å². The molecule has 0 aliphatic heterocycles. The minimum Gasteiger partial charge on any atom is -0.478 e. The highest BCUT2D eigenvalue weighted by atomic mass is 32.2. The fourth-order valence-electron chi connectivity index (χ4n) is 2.20. The predicted octanol–water partition coefficient (Wildman–Crippen LogP) is 5.60. The largest absolute Gasteiger partial charge is 0.478 e. The average molecular weight is 347 g/mol. The number of benzene rings is 3. The maximum Gasteiger partial charge on any atom is 0.335 e. The van der Waals surface area contributed by atoms with Crippen LogP contribution in [0.25, 0.3) is 0 Å². The number of hydrogen-bond donors (Lipinski definition) is 1. The van der Waals surface area contributed by atoms with E-state index in [0.29, 0.717) is 0 Å². The third kappa shape index (κ3) is 4.81. The first-order valence-electron chi connectivity index (χ1n) is 7.82. The molecule has 3 aromatic carbocycles. The van der Waals surface area contributed by atoms with Gasteiger partial charge in [-0.3, -0.25) is 4.99 Å². The first kappa shape index (κ1) is 17.0. The fraction of sp³-hybridized carbons (Fsp3) is 0.0476. The Hall–Kier alpha value is -2.85. The lowest BCUT2D eigenvalue weighted by Crippen LogP contribution is -1.94. The maximum absolute atomic E-state index is 10.8. The number of nitrogens with zero attached hydrogens (tertiary/aromatic N) is 1. The molecule has 0 unspecified atom stereocenters. The van der Waals surface area contributed by atoms with E-state index in [4.69, 9.17) is 5.11 Å². The van der Waals surface area contributed by atoms with Crippen molar-refractivity contribution in [3.63, 3.8) is 0 Å². The number of carboxylic acid groups (broad SMARTS) is 1. The van der Waals surface area contributed by atoms with Gasteiger partial charge in [-0.05, 0) is 61.0 Å². The normalized spacial score (nSPS) is 10.9. The number of aryl methyl sites for hydroxylation is 1. The average Bonchev–Trinajstić information content (AvgIpc) is 2.63. The zero-order valence-electron chi connectivity index (χ0n) is 13.7. The molecule has 0 saturated carbocycles. The summed E-state index contributed by atoms with van der Waals surface area (Å²) in [6.07, 6.45) is 1.77. The SMILES string of the molecule is Cc1ccc(Sc2ccc(C=Nc3ccc(C(=O)O)cc3)cc2)cc1. The molecule has 3 aromatic rings. The third-order valence-electron chi connectivity index (χ3n) is 3.61. The van der Waals surface area contributed by atoms with Crippen molar-refractivity contribution >= 4 is 29.6 Å². The van der Waals surface area contributed by atoms with Crippen LogP contribution in [0.5, 0.6) is 0 Å². The smallest absolute Gasteiger partial charge is 0.335 e. The zero-order chi connectivity index (χ0) is 17.6. The topological polar surface area (TPSA) is 49.7 Å². The summed E-state index contributed by atoms with van der Waals surface area (Å²) in [5, 5.41) is 8.89. The fourth-order valence-corrected chi connectivity index (χ4v) is 3.02. The summed E-state index contributed by atoms with van der Waals surface area (Å²) in [5.41, 5.74) is 3.24. The Morgan fingerprint density at radius 2 is 1.44 bits per heavy atom. The van der Waals surface area contributed by atoms with Gasteiger partial charge in [-0.2, -0.15) is 0 Å². The van der Waals surface area contributed by atoms with Crippen molar-refractivity contribution < 1.29 is 9.90 Å². The molecule has 0 saturated heterocycles. The molecule has 25 heavy (non-hydrogen) atoms. The van der Waals surface area contributed by atoms with Gasteiger partial charge in [0.15, 0.2) is 0 Å². The van der Waals surface area contributed by atoms with E-state index in [9.17, 15) is 4.79 Å². The minimum absolute atomic E-state index is 0.261. The first-order valence-corrected chi connectivity index (χ1v) is 8.64. The molecule has 3 nitrogen and oxygen atoms in total. The van der Waals surface area contributed by atoms with Gasteiger partial charge in [0.05, 0.1) is 11.3 Å². The van der Waals surface area contributed by atoms with Crippen LogP contribution >= 0.6 is 11.8 Å². The molecule has 0 atom stereocenters. The molecular formula is C21H17NO2S. The summed E-state index contributed by atoms with van der Waals surface area (Å²) in [6, 6.07) is 23.1. The Morgan fingerprint density at radius 3 is 2.00 bits per heavy atom. The second kappa shape index (κ2) is 7.81. The van der Waals surface area contributed by atoms with Crippen molar-refractivity contribution in [3.05, 3.63) is 89.5 Å². The van der Waals surface area contributed by atoms with Crippen molar-refractivity contribution in [1.82, 2.24) is 0 Å². The standard InChI is InChI=1S/C21H17NO2S/c1-15-2-10-19(11-3-15)25-20-12-4-16(5-13-20)14-22-18-8-6-17(7-9-18)21(23)24/h2-14H,1H3,(H,23,24). The van der Waals surface area contributed by atoms with Crippen LogP contribution < -0.4 is 0 Å². The second-order valence-electron chi connectivity index (χ2n) is 5.59. The minimum atomic E-state index is -0.933. The summed E-state index contributed by atoms with van der Waals surface area (Å²) in [4.78, 5) is 17.6. The second-order valence-corrected chi connectivity index (χ2v) is 6.74. The van der Waals surface area contributed by atoms with Gasteiger partial charge >= 0.3 is 5.97 Å². The molecule has 0 amide bonds. The van der Waals surface area contributed by atoms with Gasteiger partial charge in [-0.25, -0.2) is 4.79 Å². The van der Waals surface area contributed by atoms with Crippen molar-refractivity contribution in [3.8, 4) is 0 Å². The monoisotopic (exact) mass is 347 g/mol. The molecule has 0 fully saturated rings. The molecule has 0 aliphatic carbocycles. The maximum atomic E-state index is 10.8. The quantitative estimate of drug-likeness (QED) is 0.612. The van der Waals surface area contributed by atoms with Crippen molar-refractivity contribution in [2.75, 3.05) is 0 Å². The zero-order valence-corrected chi connectivity index (χ0v) is 14.5. The first-order chi connectivity index (χ1) is 12.1. The lowest BCUT2D eigenvalue weighted by molar-refractivity contribution is 0.0697. The van der Waals surface area contributed by atoms with Crippen LogP contribution in [0.15, 0.2) is 87.6 Å².